The summed E-state index contributed by atoms with van der Waals surface area (Å²) in [6.07, 6.45) is -0.498. The Labute approximate surface area is 110 Å². The average molecular weight is 259 g/mol. The predicted molar refractivity (Wildman–Crippen MR) is 65.7 cm³/mol. The molecule has 1 aromatic rings. The first-order chi connectivity index (χ1) is 9.20. The number of amides is 2. The first-order valence-corrected chi connectivity index (χ1v) is 5.85. The third kappa shape index (κ3) is 3.22. The van der Waals surface area contributed by atoms with Crippen LogP contribution in [0.4, 0.5) is 4.79 Å². The first-order valence-electron chi connectivity index (χ1n) is 5.85. The number of benzene rings is 1. The van der Waals surface area contributed by atoms with Crippen LogP contribution in [0.3, 0.4) is 0 Å². The van der Waals surface area contributed by atoms with E-state index < -0.39 is 12.1 Å². The van der Waals surface area contributed by atoms with Crippen molar-refractivity contribution in [1.29, 1.82) is 5.26 Å². The zero-order valence-corrected chi connectivity index (χ0v) is 10.1. The number of alkyl carbamates (subject to hydrolysis) is 1. The van der Waals surface area contributed by atoms with Crippen molar-refractivity contribution >= 4 is 12.0 Å². The molecule has 19 heavy (non-hydrogen) atoms. The molecule has 2 amide bonds. The van der Waals surface area contributed by atoms with E-state index in [1.165, 1.54) is 0 Å². The van der Waals surface area contributed by atoms with Crippen molar-refractivity contribution < 1.29 is 14.3 Å². The zero-order chi connectivity index (χ0) is 13.7. The van der Waals surface area contributed by atoms with Crippen molar-refractivity contribution in [3.8, 4) is 6.07 Å². The van der Waals surface area contributed by atoms with Crippen LogP contribution in [-0.4, -0.2) is 24.1 Å². The van der Waals surface area contributed by atoms with Gasteiger partial charge in [0.15, 0.2) is 0 Å². The summed E-state index contributed by atoms with van der Waals surface area (Å²) in [6.45, 7) is 0.143. The molecule has 0 aromatic heterocycles. The number of hydrogen-bond donors (Lipinski definition) is 2. The highest BCUT2D eigenvalue weighted by Crippen LogP contribution is 2.10. The van der Waals surface area contributed by atoms with Crippen molar-refractivity contribution in [2.45, 2.75) is 25.1 Å². The lowest BCUT2D eigenvalue weighted by Crippen LogP contribution is -2.68. The number of carbonyl (C=O) groups excluding carboxylic acids is 2. The molecule has 2 unspecified atom stereocenters. The Kier molecular flexibility index (Phi) is 3.98. The summed E-state index contributed by atoms with van der Waals surface area (Å²) >= 11 is 0. The molecule has 2 N–H and O–H groups in total. The predicted octanol–water partition coefficient (Wildman–Crippen LogP) is 0.693. The minimum absolute atomic E-state index is 0.143. The molecular weight excluding hydrogens is 246 g/mol. The minimum Gasteiger partial charge on any atom is -0.445 e. The third-order valence-electron chi connectivity index (χ3n) is 2.81. The van der Waals surface area contributed by atoms with Crippen LogP contribution in [0.2, 0.25) is 0 Å². The second-order valence-electron chi connectivity index (χ2n) is 4.16. The Morgan fingerprint density at radius 1 is 1.42 bits per heavy atom. The van der Waals surface area contributed by atoms with Crippen molar-refractivity contribution in [3.05, 3.63) is 35.9 Å². The number of carbonyl (C=O) groups is 2. The number of ether oxygens (including phenoxy) is 1. The maximum atomic E-state index is 11.5. The van der Waals surface area contributed by atoms with Gasteiger partial charge >= 0.3 is 6.09 Å². The van der Waals surface area contributed by atoms with Crippen LogP contribution in [0.15, 0.2) is 30.3 Å². The Morgan fingerprint density at radius 2 is 2.16 bits per heavy atom. The van der Waals surface area contributed by atoms with Crippen molar-refractivity contribution in [1.82, 2.24) is 10.6 Å². The fourth-order valence-electron chi connectivity index (χ4n) is 1.77. The summed E-state index contributed by atoms with van der Waals surface area (Å²) in [5, 5.41) is 13.5. The van der Waals surface area contributed by atoms with Gasteiger partial charge in [-0.2, -0.15) is 5.26 Å². The molecule has 2 rings (SSSR count). The molecule has 1 saturated heterocycles. The second-order valence-corrected chi connectivity index (χ2v) is 4.16. The fourth-order valence-corrected chi connectivity index (χ4v) is 1.77. The van der Waals surface area contributed by atoms with Crippen LogP contribution in [0.5, 0.6) is 0 Å². The number of nitriles is 1. The molecule has 1 fully saturated rings. The molecule has 0 radical (unpaired) electrons. The Hall–Kier alpha value is -2.55. The quantitative estimate of drug-likeness (QED) is 0.778. The highest BCUT2D eigenvalue weighted by Gasteiger charge is 2.40. The third-order valence-corrected chi connectivity index (χ3v) is 2.81. The van der Waals surface area contributed by atoms with E-state index in [4.69, 9.17) is 10.00 Å². The van der Waals surface area contributed by atoms with Gasteiger partial charge < -0.3 is 15.4 Å². The van der Waals surface area contributed by atoms with Gasteiger partial charge in [0.2, 0.25) is 5.91 Å². The molecule has 1 aliphatic heterocycles. The summed E-state index contributed by atoms with van der Waals surface area (Å²) in [7, 11) is 0. The molecule has 1 aliphatic rings. The lowest BCUT2D eigenvalue weighted by molar-refractivity contribution is -0.131. The SMILES string of the molecule is N#CCC1NC(=O)C1NC(=O)OCc1ccccc1. The van der Waals surface area contributed by atoms with Crippen LogP contribution in [0.1, 0.15) is 12.0 Å². The van der Waals surface area contributed by atoms with Crippen molar-refractivity contribution in [3.63, 3.8) is 0 Å². The number of rotatable bonds is 4. The Balaban J connectivity index is 1.78. The van der Waals surface area contributed by atoms with Crippen molar-refractivity contribution in [2.75, 3.05) is 0 Å². The molecule has 0 bridgehead atoms. The van der Waals surface area contributed by atoms with Crippen LogP contribution in [0, 0.1) is 11.3 Å². The molecule has 2 atom stereocenters. The summed E-state index contributed by atoms with van der Waals surface area (Å²) in [4.78, 5) is 22.8. The normalized spacial score (nSPS) is 20.7. The highest BCUT2D eigenvalue weighted by molar-refractivity contribution is 5.92. The van der Waals surface area contributed by atoms with E-state index in [0.29, 0.717) is 0 Å². The Bertz CT molecular complexity index is 510. The van der Waals surface area contributed by atoms with E-state index in [-0.39, 0.29) is 25.0 Å². The number of hydrogen-bond acceptors (Lipinski definition) is 4. The van der Waals surface area contributed by atoms with E-state index in [0.717, 1.165) is 5.56 Å². The summed E-state index contributed by atoms with van der Waals surface area (Å²) < 4.78 is 5.00. The van der Waals surface area contributed by atoms with Gasteiger partial charge in [0.05, 0.1) is 18.5 Å². The van der Waals surface area contributed by atoms with E-state index in [2.05, 4.69) is 10.6 Å². The van der Waals surface area contributed by atoms with Gasteiger partial charge in [0, 0.05) is 0 Å². The molecule has 6 nitrogen and oxygen atoms in total. The van der Waals surface area contributed by atoms with Gasteiger partial charge in [-0.1, -0.05) is 30.3 Å². The summed E-state index contributed by atoms with van der Waals surface area (Å²) in [6, 6.07) is 10.2. The monoisotopic (exact) mass is 259 g/mol. The van der Waals surface area contributed by atoms with Gasteiger partial charge in [-0.15, -0.1) is 0 Å². The smallest absolute Gasteiger partial charge is 0.408 e. The fraction of sp³-hybridized carbons (Fsp3) is 0.308. The largest absolute Gasteiger partial charge is 0.445 e. The van der Waals surface area contributed by atoms with Crippen molar-refractivity contribution in [2.24, 2.45) is 0 Å². The molecule has 98 valence electrons. The highest BCUT2D eigenvalue weighted by atomic mass is 16.5. The van der Waals surface area contributed by atoms with Gasteiger partial charge in [0.25, 0.3) is 0 Å². The van der Waals surface area contributed by atoms with E-state index >= 15 is 0 Å². The van der Waals surface area contributed by atoms with Gasteiger partial charge in [-0.05, 0) is 5.56 Å². The maximum absolute atomic E-state index is 11.5. The van der Waals surface area contributed by atoms with Crippen LogP contribution in [0.25, 0.3) is 0 Å². The van der Waals surface area contributed by atoms with E-state index in [1.807, 2.05) is 36.4 Å². The molecule has 1 aromatic carbocycles. The maximum Gasteiger partial charge on any atom is 0.408 e. The molecule has 0 saturated carbocycles. The average Bonchev–Trinajstić information content (AvgIpc) is 2.43. The minimum atomic E-state index is -0.678. The number of nitrogens with zero attached hydrogens (tertiary/aromatic N) is 1. The molecular formula is C13H13N3O3. The lowest BCUT2D eigenvalue weighted by Gasteiger charge is -2.35. The van der Waals surface area contributed by atoms with Crippen LogP contribution >= 0.6 is 0 Å². The standard InChI is InChI=1S/C13H13N3O3/c14-7-6-10-11(12(17)15-10)16-13(18)19-8-9-4-2-1-3-5-9/h1-5,10-11H,6,8H2,(H,15,17)(H,16,18). The number of β-lactam (4-membered cyclic amide) rings is 1. The van der Waals surface area contributed by atoms with Crippen LogP contribution in [-0.2, 0) is 16.1 Å². The van der Waals surface area contributed by atoms with Gasteiger partial charge in [-0.25, -0.2) is 4.79 Å². The lowest BCUT2D eigenvalue weighted by atomic mass is 9.97. The number of nitrogens with one attached hydrogen (secondary N) is 2. The molecule has 1 heterocycles. The summed E-state index contributed by atoms with van der Waals surface area (Å²) in [5.74, 6) is -0.295. The topological polar surface area (TPSA) is 91.2 Å². The zero-order valence-electron chi connectivity index (χ0n) is 10.1. The molecule has 0 spiro atoms. The van der Waals surface area contributed by atoms with E-state index in [9.17, 15) is 9.59 Å². The molecule has 0 aliphatic carbocycles. The second kappa shape index (κ2) is 5.87. The first kappa shape index (κ1) is 12.9. The summed E-state index contributed by atoms with van der Waals surface area (Å²) in [5.41, 5.74) is 0.865. The van der Waals surface area contributed by atoms with Gasteiger partial charge in [-0.3, -0.25) is 4.79 Å². The molecule has 6 heteroatoms. The van der Waals surface area contributed by atoms with E-state index in [1.54, 1.807) is 0 Å². The van der Waals surface area contributed by atoms with Crippen LogP contribution < -0.4 is 10.6 Å². The Morgan fingerprint density at radius 3 is 2.79 bits per heavy atom. The van der Waals surface area contributed by atoms with Gasteiger partial charge in [0.1, 0.15) is 12.6 Å².